The molecule has 0 spiro atoms. The van der Waals surface area contributed by atoms with E-state index in [0.29, 0.717) is 64.9 Å². The van der Waals surface area contributed by atoms with Gasteiger partial charge in [-0.3, -0.25) is 24.2 Å². The number of ether oxygens (including phenoxy) is 1. The number of imidazole rings is 2. The third-order valence-corrected chi connectivity index (χ3v) is 12.6. The summed E-state index contributed by atoms with van der Waals surface area (Å²) < 4.78 is 48.5. The number of halogens is 2. The standard InChI is InChI=1S/C42H43F2N11O5/c1-21-14-27(15-22(2)33(21)43)55-35(52-12-13-53(40(52)58)36-34(44)45-20-50(36)7)32-24(4)51(11-10-28(32)48-55)37(56)31-17-26-16-25(29-19-59-41(5,6)47-29)8-9-30(26)54(31)42(18-23(42)3)38-46-39(57)60-49-38/h8-9,12-17,20,23-24,29,47H,10-11,18-19H2,1-7H3,(H,46,49,57)/t23-,24-,29+,42-/m0/s1. The van der Waals surface area contributed by atoms with Gasteiger partial charge < -0.3 is 18.8 Å². The van der Waals surface area contributed by atoms with Gasteiger partial charge in [0.25, 0.3) is 11.9 Å². The first-order chi connectivity index (χ1) is 28.6. The second-order valence-electron chi connectivity index (χ2n) is 16.9. The van der Waals surface area contributed by atoms with Crippen molar-refractivity contribution in [3.63, 3.8) is 0 Å². The molecule has 5 aromatic heterocycles. The molecule has 7 aromatic rings. The van der Waals surface area contributed by atoms with E-state index in [-0.39, 0.29) is 36.0 Å². The average Bonchev–Trinajstić information content (AvgIpc) is 3.91. The number of aromatic nitrogens is 9. The molecule has 10 rings (SSSR count). The van der Waals surface area contributed by atoms with Crippen molar-refractivity contribution >= 4 is 16.8 Å². The lowest BCUT2D eigenvalue weighted by atomic mass is 9.98. The number of aromatic amines is 1. The summed E-state index contributed by atoms with van der Waals surface area (Å²) in [7, 11) is 1.59. The lowest BCUT2D eigenvalue weighted by molar-refractivity contribution is 0.0231. The molecule has 0 radical (unpaired) electrons. The first kappa shape index (κ1) is 37.8. The van der Waals surface area contributed by atoms with Gasteiger partial charge in [0.2, 0.25) is 0 Å². The highest BCUT2D eigenvalue weighted by atomic mass is 19.1. The van der Waals surface area contributed by atoms with E-state index in [1.54, 1.807) is 42.6 Å². The van der Waals surface area contributed by atoms with Gasteiger partial charge in [0.15, 0.2) is 11.6 Å². The van der Waals surface area contributed by atoms with Gasteiger partial charge in [-0.15, -0.1) is 0 Å². The van der Waals surface area contributed by atoms with Crippen LogP contribution in [0.3, 0.4) is 0 Å². The molecule has 310 valence electrons. The highest BCUT2D eigenvalue weighted by molar-refractivity contribution is 6.00. The Kier molecular flexibility index (Phi) is 8.23. The van der Waals surface area contributed by atoms with Crippen LogP contribution < -0.4 is 16.8 Å². The van der Waals surface area contributed by atoms with Crippen molar-refractivity contribution in [2.45, 2.75) is 77.7 Å². The Hall–Kier alpha value is -6.40. The topological polar surface area (TPSA) is 168 Å². The Morgan fingerprint density at radius 1 is 1.00 bits per heavy atom. The second kappa shape index (κ2) is 13.0. The minimum atomic E-state index is -0.868. The van der Waals surface area contributed by atoms with Gasteiger partial charge in [-0.1, -0.05) is 18.1 Å². The van der Waals surface area contributed by atoms with E-state index in [4.69, 9.17) is 14.4 Å². The second-order valence-corrected chi connectivity index (χ2v) is 16.9. The normalized spacial score (nSPS) is 22.2. The first-order valence-corrected chi connectivity index (χ1v) is 19.9. The van der Waals surface area contributed by atoms with Crippen LogP contribution in [-0.4, -0.2) is 72.9 Å². The molecule has 2 aromatic carbocycles. The molecular weight excluding hydrogens is 777 g/mol. The molecule has 2 fully saturated rings. The van der Waals surface area contributed by atoms with Crippen molar-refractivity contribution < 1.29 is 22.8 Å². The van der Waals surface area contributed by atoms with Crippen molar-refractivity contribution in [2.24, 2.45) is 13.0 Å². The number of hydrogen-bond acceptors (Lipinski definition) is 9. The van der Waals surface area contributed by atoms with E-state index < -0.39 is 34.7 Å². The molecule has 60 heavy (non-hydrogen) atoms. The van der Waals surface area contributed by atoms with E-state index in [2.05, 4.69) is 26.5 Å². The van der Waals surface area contributed by atoms with E-state index in [9.17, 15) is 18.4 Å². The van der Waals surface area contributed by atoms with Crippen LogP contribution in [0.25, 0.3) is 28.2 Å². The van der Waals surface area contributed by atoms with Crippen LogP contribution in [0.4, 0.5) is 8.78 Å². The summed E-state index contributed by atoms with van der Waals surface area (Å²) in [5.74, 6) is -1.54. The largest absolute Gasteiger partial charge is 0.438 e. The summed E-state index contributed by atoms with van der Waals surface area (Å²) in [6, 6.07) is 10.6. The number of benzene rings is 2. The van der Waals surface area contributed by atoms with E-state index in [1.807, 2.05) is 50.5 Å². The highest BCUT2D eigenvalue weighted by Gasteiger charge is 2.59. The van der Waals surface area contributed by atoms with Crippen LogP contribution >= 0.6 is 0 Å². The fourth-order valence-corrected chi connectivity index (χ4v) is 9.48. The van der Waals surface area contributed by atoms with E-state index in [0.717, 1.165) is 21.0 Å². The Bertz CT molecular complexity index is 2990. The molecule has 2 aliphatic heterocycles. The van der Waals surface area contributed by atoms with Crippen LogP contribution in [0.2, 0.25) is 0 Å². The van der Waals surface area contributed by atoms with Crippen LogP contribution in [0.5, 0.6) is 0 Å². The van der Waals surface area contributed by atoms with Gasteiger partial charge in [0.1, 0.15) is 28.6 Å². The lowest BCUT2D eigenvalue weighted by Gasteiger charge is -2.34. The molecule has 4 atom stereocenters. The number of nitrogens with one attached hydrogen (secondary N) is 2. The zero-order valence-corrected chi connectivity index (χ0v) is 34.1. The van der Waals surface area contributed by atoms with E-state index >= 15 is 4.79 Å². The summed E-state index contributed by atoms with van der Waals surface area (Å²) >= 11 is 0. The maximum atomic E-state index is 15.4. The molecule has 0 unspecified atom stereocenters. The molecule has 7 heterocycles. The van der Waals surface area contributed by atoms with Crippen molar-refractivity contribution in [1.29, 1.82) is 0 Å². The van der Waals surface area contributed by atoms with Crippen LogP contribution in [0.1, 0.15) is 90.5 Å². The lowest BCUT2D eigenvalue weighted by Crippen LogP contribution is -2.41. The maximum Gasteiger partial charge on any atom is 0.438 e. The number of H-pyrrole nitrogens is 1. The summed E-state index contributed by atoms with van der Waals surface area (Å²) in [5.41, 5.74) is 2.76. The Morgan fingerprint density at radius 2 is 1.72 bits per heavy atom. The van der Waals surface area contributed by atoms with Gasteiger partial charge in [-0.05, 0) is 94.0 Å². The van der Waals surface area contributed by atoms with Crippen LogP contribution in [0, 0.1) is 31.5 Å². The summed E-state index contributed by atoms with van der Waals surface area (Å²) in [6.45, 7) is 12.0. The maximum absolute atomic E-state index is 15.4. The van der Waals surface area contributed by atoms with Gasteiger partial charge in [-0.2, -0.15) is 9.49 Å². The number of amides is 1. The van der Waals surface area contributed by atoms with Crippen molar-refractivity contribution in [3.8, 4) is 17.3 Å². The molecule has 1 aliphatic carbocycles. The van der Waals surface area contributed by atoms with Crippen molar-refractivity contribution in [3.05, 3.63) is 127 Å². The fraction of sp³-hybridized carbons (Fsp3) is 0.381. The number of nitrogens with zero attached hydrogens (tertiary/aromatic N) is 9. The van der Waals surface area contributed by atoms with Crippen molar-refractivity contribution in [1.82, 2.24) is 53.4 Å². The van der Waals surface area contributed by atoms with Gasteiger partial charge in [0.05, 0.1) is 36.4 Å². The van der Waals surface area contributed by atoms with Crippen LogP contribution in [-0.2, 0) is 23.7 Å². The Balaban J connectivity index is 1.13. The minimum absolute atomic E-state index is 0.0104. The van der Waals surface area contributed by atoms with Gasteiger partial charge >= 0.3 is 11.4 Å². The molecule has 3 aliphatic rings. The number of rotatable bonds is 7. The number of carbonyl (C=O) groups excluding carboxylic acids is 1. The third-order valence-electron chi connectivity index (χ3n) is 12.6. The molecule has 0 bridgehead atoms. The monoisotopic (exact) mass is 819 g/mol. The zero-order chi connectivity index (χ0) is 42.2. The first-order valence-electron chi connectivity index (χ1n) is 19.9. The number of aryl methyl sites for hydroxylation is 3. The molecule has 1 saturated heterocycles. The zero-order valence-electron chi connectivity index (χ0n) is 34.1. The molecule has 1 amide bonds. The third kappa shape index (κ3) is 5.53. The average molecular weight is 820 g/mol. The van der Waals surface area contributed by atoms with Gasteiger partial charge in [-0.25, -0.2) is 28.2 Å². The fourth-order valence-electron chi connectivity index (χ4n) is 9.48. The molecule has 18 heteroatoms. The molecule has 2 N–H and O–H groups in total. The summed E-state index contributed by atoms with van der Waals surface area (Å²) in [6.07, 6.45) is 5.19. The molecular formula is C42H43F2N11O5. The van der Waals surface area contributed by atoms with Gasteiger partial charge in [0, 0.05) is 48.9 Å². The number of fused-ring (bicyclic) bond motifs is 2. The quantitative estimate of drug-likeness (QED) is 0.225. The summed E-state index contributed by atoms with van der Waals surface area (Å²) in [5, 5.41) is 13.5. The highest BCUT2D eigenvalue weighted by Crippen LogP contribution is 2.56. The molecule has 1 saturated carbocycles. The minimum Gasteiger partial charge on any atom is -0.359 e. The van der Waals surface area contributed by atoms with Crippen molar-refractivity contribution in [2.75, 3.05) is 13.2 Å². The van der Waals surface area contributed by atoms with E-state index in [1.165, 1.54) is 27.9 Å². The smallest absolute Gasteiger partial charge is 0.359 e. The Morgan fingerprint density at radius 3 is 2.33 bits per heavy atom. The molecule has 16 nitrogen and oxygen atoms in total. The number of carbonyl (C=O) groups is 1. The number of hydrogen-bond donors (Lipinski definition) is 2. The predicted octanol–water partition coefficient (Wildman–Crippen LogP) is 5.01. The summed E-state index contributed by atoms with van der Waals surface area (Å²) in [4.78, 5) is 50.3. The SMILES string of the molecule is Cc1cc(-n2nc3c(c2-n2ccn(-c4c(F)ncn4C)c2=O)[C@H](C)N(C(=O)c2cc4cc([C@H]5COC(C)(C)N5)ccc4n2[C@@]2(c4noc(=O)[nH]4)C[C@@H]2C)CC3)cc(C)c1F. The predicted molar refractivity (Wildman–Crippen MR) is 214 cm³/mol. The Labute approximate surface area is 341 Å². The van der Waals surface area contributed by atoms with Crippen LogP contribution in [0.15, 0.2) is 69.2 Å².